The maximum atomic E-state index is 13.1. The van der Waals surface area contributed by atoms with E-state index in [9.17, 15) is 9.50 Å². The molecule has 0 saturated carbocycles. The van der Waals surface area contributed by atoms with E-state index in [1.54, 1.807) is 0 Å². The van der Waals surface area contributed by atoms with Gasteiger partial charge in [-0.3, -0.25) is 10.3 Å². The fourth-order valence-corrected chi connectivity index (χ4v) is 5.40. The van der Waals surface area contributed by atoms with Crippen molar-refractivity contribution in [2.75, 3.05) is 19.6 Å². The monoisotopic (exact) mass is 448 g/mol. The summed E-state index contributed by atoms with van der Waals surface area (Å²) in [7, 11) is 0. The maximum absolute atomic E-state index is 13.1. The van der Waals surface area contributed by atoms with Crippen LogP contribution >= 0.6 is 11.3 Å². The maximum Gasteiger partial charge on any atom is 0.135 e. The van der Waals surface area contributed by atoms with Crippen LogP contribution in [0.5, 0.6) is 0 Å². The molecule has 0 spiro atoms. The normalized spacial score (nSPS) is 18.0. The van der Waals surface area contributed by atoms with E-state index in [2.05, 4.69) is 4.90 Å². The Labute approximate surface area is 191 Å². The lowest BCUT2D eigenvalue weighted by atomic mass is 10.0. The summed E-state index contributed by atoms with van der Waals surface area (Å²) in [4.78, 5) is 9.09. The fourth-order valence-electron chi connectivity index (χ4n) is 4.50. The largest absolute Gasteiger partial charge is 0.510 e. The first-order valence-electron chi connectivity index (χ1n) is 10.8. The number of aliphatic hydroxyl groups excluding tert-OH is 1. The lowest BCUT2D eigenvalue weighted by molar-refractivity contribution is 0.149. The van der Waals surface area contributed by atoms with E-state index < -0.39 is 0 Å². The van der Waals surface area contributed by atoms with Gasteiger partial charge in [-0.1, -0.05) is 42.5 Å². The first kappa shape index (κ1) is 20.8. The molecule has 1 saturated heterocycles. The number of aliphatic hydroxyl groups is 1. The van der Waals surface area contributed by atoms with E-state index in [-0.39, 0.29) is 17.6 Å². The molecule has 3 heterocycles. The third kappa shape index (κ3) is 4.18. The van der Waals surface area contributed by atoms with Crippen molar-refractivity contribution in [3.05, 3.63) is 82.1 Å². The zero-order valence-corrected chi connectivity index (χ0v) is 18.5. The van der Waals surface area contributed by atoms with Gasteiger partial charge in [0.2, 0.25) is 0 Å². The molecule has 5 nitrogen and oxygen atoms in total. The molecule has 0 bridgehead atoms. The van der Waals surface area contributed by atoms with Crippen molar-refractivity contribution in [2.24, 2.45) is 0 Å². The summed E-state index contributed by atoms with van der Waals surface area (Å²) in [5.41, 5.74) is 3.57. The lowest BCUT2D eigenvalue weighted by Crippen LogP contribution is -2.45. The number of piperidine rings is 1. The van der Waals surface area contributed by atoms with E-state index in [0.29, 0.717) is 23.0 Å². The number of benzene rings is 2. The number of amidine groups is 1. The van der Waals surface area contributed by atoms with Crippen LogP contribution in [-0.4, -0.2) is 51.4 Å². The van der Waals surface area contributed by atoms with Gasteiger partial charge in [0, 0.05) is 36.6 Å². The number of thiazole rings is 1. The highest BCUT2D eigenvalue weighted by Crippen LogP contribution is 2.34. The summed E-state index contributed by atoms with van der Waals surface area (Å²) < 4.78 is 13.1. The average Bonchev–Trinajstić information content (AvgIpc) is 3.41. The molecule has 2 aliphatic rings. The van der Waals surface area contributed by atoms with E-state index in [4.69, 9.17) is 10.4 Å². The molecule has 3 aromatic rings. The van der Waals surface area contributed by atoms with Gasteiger partial charge in [-0.05, 0) is 30.5 Å². The Balaban J connectivity index is 1.22. The quantitative estimate of drug-likeness (QED) is 0.565. The second-order valence-electron chi connectivity index (χ2n) is 8.34. The summed E-state index contributed by atoms with van der Waals surface area (Å²) in [6, 6.07) is 16.9. The van der Waals surface area contributed by atoms with Crippen LogP contribution in [0.2, 0.25) is 0 Å². The molecule has 0 atom stereocenters. The van der Waals surface area contributed by atoms with Gasteiger partial charge in [0.15, 0.2) is 0 Å². The Morgan fingerprint density at radius 1 is 1.06 bits per heavy atom. The predicted octanol–water partition coefficient (Wildman–Crippen LogP) is 5.18. The van der Waals surface area contributed by atoms with Crippen molar-refractivity contribution in [3.8, 4) is 11.3 Å². The van der Waals surface area contributed by atoms with Crippen LogP contribution in [-0.2, 0) is 6.54 Å². The SMILES string of the molecule is N=C1C(c2nc(-c3ccccc3)cs2)=C(O)CN1C1CCN(Cc2ccc(F)cc2)CC1. The molecule has 1 aromatic heterocycles. The van der Waals surface area contributed by atoms with Crippen molar-refractivity contribution >= 4 is 22.7 Å². The van der Waals surface area contributed by atoms with E-state index in [0.717, 1.165) is 49.3 Å². The number of hydrogen-bond acceptors (Lipinski definition) is 5. The lowest BCUT2D eigenvalue weighted by Gasteiger charge is -2.37. The van der Waals surface area contributed by atoms with E-state index in [1.807, 2.05) is 52.7 Å². The average molecular weight is 449 g/mol. The molecular formula is C25H25FN4OS. The van der Waals surface area contributed by atoms with Gasteiger partial charge in [-0.25, -0.2) is 9.37 Å². The van der Waals surface area contributed by atoms with Gasteiger partial charge in [-0.2, -0.15) is 0 Å². The van der Waals surface area contributed by atoms with Gasteiger partial charge in [0.05, 0.1) is 17.8 Å². The van der Waals surface area contributed by atoms with Crippen LogP contribution < -0.4 is 0 Å². The standard InChI is InChI=1S/C25H25FN4OS/c26-19-8-6-17(7-9-19)14-29-12-10-20(11-13-29)30-15-22(31)23(24(30)27)25-28-21(16-32-25)18-4-2-1-3-5-18/h1-9,16,20,27,31H,10-15H2. The van der Waals surface area contributed by atoms with E-state index >= 15 is 0 Å². The molecule has 2 aliphatic heterocycles. The van der Waals surface area contributed by atoms with Crippen LogP contribution in [0, 0.1) is 11.2 Å². The van der Waals surface area contributed by atoms with Crippen LogP contribution in [0.4, 0.5) is 4.39 Å². The zero-order chi connectivity index (χ0) is 22.1. The van der Waals surface area contributed by atoms with Crippen LogP contribution in [0.15, 0.2) is 65.7 Å². The van der Waals surface area contributed by atoms with Gasteiger partial charge < -0.3 is 10.0 Å². The Morgan fingerprint density at radius 3 is 2.50 bits per heavy atom. The summed E-state index contributed by atoms with van der Waals surface area (Å²) >= 11 is 1.47. The Hall–Kier alpha value is -3.03. The molecule has 7 heteroatoms. The minimum atomic E-state index is -0.209. The van der Waals surface area contributed by atoms with Crippen LogP contribution in [0.3, 0.4) is 0 Å². The van der Waals surface area contributed by atoms with Crippen molar-refractivity contribution in [2.45, 2.75) is 25.4 Å². The molecule has 0 aliphatic carbocycles. The van der Waals surface area contributed by atoms with Gasteiger partial charge in [-0.15, -0.1) is 11.3 Å². The minimum Gasteiger partial charge on any atom is -0.510 e. The van der Waals surface area contributed by atoms with Gasteiger partial charge >= 0.3 is 0 Å². The minimum absolute atomic E-state index is 0.209. The summed E-state index contributed by atoms with van der Waals surface area (Å²) in [5, 5.41) is 22.1. The number of nitrogens with one attached hydrogen (secondary N) is 1. The van der Waals surface area contributed by atoms with Crippen molar-refractivity contribution < 1.29 is 9.50 Å². The predicted molar refractivity (Wildman–Crippen MR) is 126 cm³/mol. The molecule has 5 rings (SSSR count). The molecular weight excluding hydrogens is 423 g/mol. The highest BCUT2D eigenvalue weighted by molar-refractivity contribution is 7.11. The molecule has 32 heavy (non-hydrogen) atoms. The van der Waals surface area contributed by atoms with Gasteiger partial charge in [0.1, 0.15) is 22.4 Å². The highest BCUT2D eigenvalue weighted by Gasteiger charge is 2.35. The Bertz CT molecular complexity index is 1130. The smallest absolute Gasteiger partial charge is 0.135 e. The summed E-state index contributed by atoms with van der Waals surface area (Å²) in [5.74, 6) is 0.394. The number of aromatic nitrogens is 1. The molecule has 2 aromatic carbocycles. The molecule has 164 valence electrons. The summed E-state index contributed by atoms with van der Waals surface area (Å²) in [6.45, 7) is 3.01. The van der Waals surface area contributed by atoms with Crippen molar-refractivity contribution in [1.29, 1.82) is 5.41 Å². The third-order valence-corrected chi connectivity index (χ3v) is 7.10. The van der Waals surface area contributed by atoms with Crippen LogP contribution in [0.1, 0.15) is 23.4 Å². The zero-order valence-electron chi connectivity index (χ0n) is 17.7. The number of rotatable bonds is 5. The third-order valence-electron chi connectivity index (χ3n) is 6.24. The molecule has 0 radical (unpaired) electrons. The second-order valence-corrected chi connectivity index (χ2v) is 9.19. The number of likely N-dealkylation sites (tertiary alicyclic amines) is 1. The molecule has 2 N–H and O–H groups in total. The number of nitrogens with zero attached hydrogens (tertiary/aromatic N) is 3. The highest BCUT2D eigenvalue weighted by atomic mass is 32.1. The van der Waals surface area contributed by atoms with E-state index in [1.165, 1.54) is 23.5 Å². The van der Waals surface area contributed by atoms with Crippen molar-refractivity contribution in [1.82, 2.24) is 14.8 Å². The first-order chi connectivity index (χ1) is 15.6. The van der Waals surface area contributed by atoms with Gasteiger partial charge in [0.25, 0.3) is 0 Å². The number of hydrogen-bond donors (Lipinski definition) is 2. The summed E-state index contributed by atoms with van der Waals surface area (Å²) in [6.07, 6.45) is 1.86. The molecule has 0 amide bonds. The topological polar surface area (TPSA) is 63.5 Å². The number of halogens is 1. The molecule has 1 fully saturated rings. The van der Waals surface area contributed by atoms with Crippen molar-refractivity contribution in [3.63, 3.8) is 0 Å². The Kier molecular flexibility index (Phi) is 5.76. The first-order valence-corrected chi connectivity index (χ1v) is 11.7. The molecule has 0 unspecified atom stereocenters. The fraction of sp³-hybridized carbons (Fsp3) is 0.280. The van der Waals surface area contributed by atoms with Crippen LogP contribution in [0.25, 0.3) is 16.8 Å². The Morgan fingerprint density at radius 2 is 1.78 bits per heavy atom. The second kappa shape index (κ2) is 8.84.